The third-order valence-electron chi connectivity index (χ3n) is 3.01. The van der Waals surface area contributed by atoms with Crippen molar-refractivity contribution in [1.82, 2.24) is 9.97 Å². The van der Waals surface area contributed by atoms with Crippen LogP contribution in [0.1, 0.15) is 5.56 Å². The molecule has 0 atom stereocenters. The number of hydrogen-bond donors (Lipinski definition) is 2. The molecule has 0 aliphatic heterocycles. The average Bonchev–Trinajstić information content (AvgIpc) is 2.88. The second kappa shape index (κ2) is 6.07. The van der Waals surface area contributed by atoms with Crippen molar-refractivity contribution in [3.05, 3.63) is 41.5 Å². The van der Waals surface area contributed by atoms with E-state index in [4.69, 9.17) is 10.5 Å². The third kappa shape index (κ3) is 2.96. The largest absolute Gasteiger partial charge is 0.492 e. The molecule has 3 aromatic rings. The molecule has 5 nitrogen and oxygen atoms in total. The molecule has 0 radical (unpaired) electrons. The highest BCUT2D eigenvalue weighted by molar-refractivity contribution is 7.18. The van der Waals surface area contributed by atoms with Gasteiger partial charge >= 0.3 is 0 Å². The van der Waals surface area contributed by atoms with Crippen molar-refractivity contribution < 1.29 is 4.74 Å². The molecule has 0 saturated heterocycles. The van der Waals surface area contributed by atoms with E-state index in [1.54, 1.807) is 17.7 Å². The second-order valence-electron chi connectivity index (χ2n) is 4.61. The summed E-state index contributed by atoms with van der Waals surface area (Å²) in [4.78, 5) is 8.66. The van der Waals surface area contributed by atoms with Crippen LogP contribution >= 0.6 is 11.3 Å². The van der Waals surface area contributed by atoms with Crippen LogP contribution in [0.2, 0.25) is 0 Å². The molecule has 0 unspecified atom stereocenters. The molecule has 1 aromatic carbocycles. The van der Waals surface area contributed by atoms with Crippen LogP contribution in [0.5, 0.6) is 5.75 Å². The Balaban J connectivity index is 1.88. The molecule has 3 rings (SSSR count). The SMILES string of the molecule is Cc1csc2c(Nc3cccc(OCCN)c3)ncnc12. The van der Waals surface area contributed by atoms with Gasteiger partial charge < -0.3 is 15.8 Å². The summed E-state index contributed by atoms with van der Waals surface area (Å²) < 4.78 is 6.59. The molecule has 0 aliphatic rings. The molecule has 108 valence electrons. The predicted molar refractivity (Wildman–Crippen MR) is 86.4 cm³/mol. The van der Waals surface area contributed by atoms with Gasteiger partial charge in [-0.3, -0.25) is 0 Å². The molecule has 0 amide bonds. The van der Waals surface area contributed by atoms with Crippen molar-refractivity contribution in [3.63, 3.8) is 0 Å². The first kappa shape index (κ1) is 13.8. The van der Waals surface area contributed by atoms with Crippen molar-refractivity contribution in [2.45, 2.75) is 6.92 Å². The lowest BCUT2D eigenvalue weighted by Crippen LogP contribution is -2.10. The van der Waals surface area contributed by atoms with Gasteiger partial charge in [-0.15, -0.1) is 11.3 Å². The van der Waals surface area contributed by atoms with E-state index in [2.05, 4.69) is 27.6 Å². The minimum Gasteiger partial charge on any atom is -0.492 e. The Labute approximate surface area is 126 Å². The number of hydrogen-bond acceptors (Lipinski definition) is 6. The summed E-state index contributed by atoms with van der Waals surface area (Å²) in [5.41, 5.74) is 8.53. The van der Waals surface area contributed by atoms with Gasteiger partial charge in [-0.05, 0) is 30.0 Å². The summed E-state index contributed by atoms with van der Waals surface area (Å²) in [6.45, 7) is 3.06. The molecule has 0 aliphatic carbocycles. The summed E-state index contributed by atoms with van der Waals surface area (Å²) in [6.07, 6.45) is 1.58. The molecule has 0 fully saturated rings. The number of nitrogens with zero attached hydrogens (tertiary/aromatic N) is 2. The van der Waals surface area contributed by atoms with Crippen LogP contribution in [-0.4, -0.2) is 23.1 Å². The Hall–Kier alpha value is -2.18. The molecular weight excluding hydrogens is 284 g/mol. The fraction of sp³-hybridized carbons (Fsp3) is 0.200. The lowest BCUT2D eigenvalue weighted by atomic mass is 10.3. The molecule has 21 heavy (non-hydrogen) atoms. The van der Waals surface area contributed by atoms with Crippen LogP contribution in [0, 0.1) is 6.92 Å². The van der Waals surface area contributed by atoms with E-state index in [1.165, 1.54) is 5.56 Å². The number of aryl methyl sites for hydroxylation is 1. The zero-order valence-electron chi connectivity index (χ0n) is 11.7. The van der Waals surface area contributed by atoms with Gasteiger partial charge in [0.05, 0.1) is 10.2 Å². The van der Waals surface area contributed by atoms with E-state index in [-0.39, 0.29) is 0 Å². The highest BCUT2D eigenvalue weighted by Gasteiger charge is 2.08. The topological polar surface area (TPSA) is 73.1 Å². The molecule has 0 spiro atoms. The van der Waals surface area contributed by atoms with Gasteiger partial charge in [0.25, 0.3) is 0 Å². The van der Waals surface area contributed by atoms with Gasteiger partial charge in [0.2, 0.25) is 0 Å². The van der Waals surface area contributed by atoms with E-state index < -0.39 is 0 Å². The van der Waals surface area contributed by atoms with E-state index in [0.29, 0.717) is 13.2 Å². The van der Waals surface area contributed by atoms with Crippen molar-refractivity contribution in [3.8, 4) is 5.75 Å². The summed E-state index contributed by atoms with van der Waals surface area (Å²) in [6, 6.07) is 7.76. The Bertz CT molecular complexity index is 756. The first-order chi connectivity index (χ1) is 10.3. The van der Waals surface area contributed by atoms with Gasteiger partial charge in [0.1, 0.15) is 18.7 Å². The standard InChI is InChI=1S/C15H16N4OS/c1-10-8-21-14-13(10)17-9-18-15(14)19-11-3-2-4-12(7-11)20-6-5-16/h2-4,7-9H,5-6,16H2,1H3,(H,17,18,19). The molecule has 2 heterocycles. The van der Waals surface area contributed by atoms with Crippen molar-refractivity contribution in [2.75, 3.05) is 18.5 Å². The van der Waals surface area contributed by atoms with Crippen molar-refractivity contribution in [1.29, 1.82) is 0 Å². The van der Waals surface area contributed by atoms with Gasteiger partial charge in [0, 0.05) is 18.3 Å². The van der Waals surface area contributed by atoms with E-state index in [9.17, 15) is 0 Å². The van der Waals surface area contributed by atoms with Crippen LogP contribution in [0.4, 0.5) is 11.5 Å². The number of thiophene rings is 1. The number of ether oxygens (including phenoxy) is 1. The van der Waals surface area contributed by atoms with Crippen LogP contribution in [0.3, 0.4) is 0 Å². The first-order valence-electron chi connectivity index (χ1n) is 6.66. The van der Waals surface area contributed by atoms with Gasteiger partial charge in [-0.2, -0.15) is 0 Å². The molecule has 2 aromatic heterocycles. The van der Waals surface area contributed by atoms with Crippen LogP contribution in [0.25, 0.3) is 10.2 Å². The maximum absolute atomic E-state index is 5.53. The predicted octanol–water partition coefficient (Wildman–Crippen LogP) is 3.08. The Morgan fingerprint density at radius 1 is 1.33 bits per heavy atom. The maximum Gasteiger partial charge on any atom is 0.151 e. The van der Waals surface area contributed by atoms with E-state index in [1.807, 2.05) is 24.3 Å². The number of benzene rings is 1. The second-order valence-corrected chi connectivity index (χ2v) is 5.49. The number of aromatic nitrogens is 2. The Morgan fingerprint density at radius 3 is 3.10 bits per heavy atom. The Morgan fingerprint density at radius 2 is 2.24 bits per heavy atom. The molecular formula is C15H16N4OS. The fourth-order valence-electron chi connectivity index (χ4n) is 2.04. The molecule has 6 heteroatoms. The minimum atomic E-state index is 0.499. The lowest BCUT2D eigenvalue weighted by molar-refractivity contribution is 0.328. The third-order valence-corrected chi connectivity index (χ3v) is 4.11. The van der Waals surface area contributed by atoms with Gasteiger partial charge in [-0.1, -0.05) is 6.07 Å². The highest BCUT2D eigenvalue weighted by Crippen LogP contribution is 2.30. The van der Waals surface area contributed by atoms with E-state index in [0.717, 1.165) is 27.5 Å². The van der Waals surface area contributed by atoms with Crippen LogP contribution in [0.15, 0.2) is 36.0 Å². The number of nitrogens with two attached hydrogens (primary N) is 1. The number of rotatable bonds is 5. The van der Waals surface area contributed by atoms with Crippen LogP contribution in [-0.2, 0) is 0 Å². The van der Waals surface area contributed by atoms with E-state index >= 15 is 0 Å². The Kier molecular flexibility index (Phi) is 3.98. The number of nitrogens with one attached hydrogen (secondary N) is 1. The summed E-state index contributed by atoms with van der Waals surface area (Å²) in [5.74, 6) is 1.60. The lowest BCUT2D eigenvalue weighted by Gasteiger charge is -2.09. The smallest absolute Gasteiger partial charge is 0.151 e. The zero-order chi connectivity index (χ0) is 14.7. The quantitative estimate of drug-likeness (QED) is 0.757. The van der Waals surface area contributed by atoms with Crippen molar-refractivity contribution >= 4 is 33.1 Å². The van der Waals surface area contributed by atoms with Crippen LogP contribution < -0.4 is 15.8 Å². The minimum absolute atomic E-state index is 0.499. The maximum atomic E-state index is 5.53. The average molecular weight is 300 g/mol. The number of fused-ring (bicyclic) bond motifs is 1. The summed E-state index contributed by atoms with van der Waals surface area (Å²) in [7, 11) is 0. The zero-order valence-corrected chi connectivity index (χ0v) is 12.5. The van der Waals surface area contributed by atoms with Crippen molar-refractivity contribution in [2.24, 2.45) is 5.73 Å². The number of anilines is 2. The molecule has 0 saturated carbocycles. The fourth-order valence-corrected chi connectivity index (χ4v) is 2.98. The first-order valence-corrected chi connectivity index (χ1v) is 7.54. The molecule has 3 N–H and O–H groups in total. The molecule has 0 bridgehead atoms. The van der Waals surface area contributed by atoms with Gasteiger partial charge in [-0.25, -0.2) is 9.97 Å². The summed E-state index contributed by atoms with van der Waals surface area (Å²) >= 11 is 1.64. The van der Waals surface area contributed by atoms with Gasteiger partial charge in [0.15, 0.2) is 5.82 Å². The highest BCUT2D eigenvalue weighted by atomic mass is 32.1. The summed E-state index contributed by atoms with van der Waals surface area (Å²) in [5, 5.41) is 5.41. The normalized spacial score (nSPS) is 10.8. The monoisotopic (exact) mass is 300 g/mol.